The Morgan fingerprint density at radius 3 is 2.59 bits per heavy atom. The molecule has 2 rings (SSSR count). The van der Waals surface area contributed by atoms with Gasteiger partial charge in [-0.05, 0) is 19.1 Å². The zero-order valence-electron chi connectivity index (χ0n) is 12.6. The Balaban J connectivity index is 2.09. The topological polar surface area (TPSA) is 90.7 Å². The first-order chi connectivity index (χ1) is 10.5. The third-order valence-electron chi connectivity index (χ3n) is 3.01. The minimum atomic E-state index is -3.68. The van der Waals surface area contributed by atoms with Gasteiger partial charge in [-0.1, -0.05) is 5.16 Å². The summed E-state index contributed by atoms with van der Waals surface area (Å²) in [7, 11) is -0.771. The first kappa shape index (κ1) is 16.3. The minimum absolute atomic E-state index is 0.0622. The number of hydrogen-bond donors (Lipinski definition) is 1. The predicted molar refractivity (Wildman–Crippen MR) is 79.7 cm³/mol. The highest BCUT2D eigenvalue weighted by Crippen LogP contribution is 2.28. The van der Waals surface area contributed by atoms with Gasteiger partial charge in [0, 0.05) is 25.1 Å². The summed E-state index contributed by atoms with van der Waals surface area (Å²) in [5.74, 6) is 1.44. The van der Waals surface area contributed by atoms with Crippen LogP contribution < -0.4 is 14.2 Å². The Morgan fingerprint density at radius 2 is 2.00 bits per heavy atom. The summed E-state index contributed by atoms with van der Waals surface area (Å²) < 4.78 is 42.3. The standard InChI is InChI=1S/C14H18N2O5S/c1-10-8-11(16-21-10)6-7-15-22(17,18)14-5-4-12(19-2)9-13(14)20-3/h4-5,8-9,15H,6-7H2,1-3H3. The molecule has 1 aromatic heterocycles. The second kappa shape index (κ2) is 6.80. The average Bonchev–Trinajstić information content (AvgIpc) is 2.91. The first-order valence-corrected chi connectivity index (χ1v) is 8.08. The molecule has 120 valence electrons. The first-order valence-electron chi connectivity index (χ1n) is 6.60. The number of aryl methyl sites for hydroxylation is 1. The maximum Gasteiger partial charge on any atom is 0.244 e. The van der Waals surface area contributed by atoms with E-state index in [1.54, 1.807) is 19.1 Å². The second-order valence-electron chi connectivity index (χ2n) is 4.59. The monoisotopic (exact) mass is 326 g/mol. The molecule has 0 aliphatic carbocycles. The van der Waals surface area contributed by atoms with Gasteiger partial charge in [-0.15, -0.1) is 0 Å². The van der Waals surface area contributed by atoms with E-state index >= 15 is 0 Å². The molecule has 0 amide bonds. The molecule has 0 unspecified atom stereocenters. The van der Waals surface area contributed by atoms with Crippen LogP contribution in [-0.2, 0) is 16.4 Å². The van der Waals surface area contributed by atoms with Gasteiger partial charge in [0.1, 0.15) is 22.2 Å². The molecule has 0 saturated carbocycles. The van der Waals surface area contributed by atoms with Crippen LogP contribution in [0.1, 0.15) is 11.5 Å². The molecule has 1 aromatic carbocycles. The maximum absolute atomic E-state index is 12.3. The van der Waals surface area contributed by atoms with Gasteiger partial charge in [-0.2, -0.15) is 0 Å². The summed E-state index contributed by atoms with van der Waals surface area (Å²) in [6, 6.07) is 6.30. The van der Waals surface area contributed by atoms with Gasteiger partial charge in [0.2, 0.25) is 10.0 Å². The van der Waals surface area contributed by atoms with E-state index in [1.807, 2.05) is 0 Å². The molecule has 8 heteroatoms. The smallest absolute Gasteiger partial charge is 0.244 e. The molecule has 0 aliphatic heterocycles. The SMILES string of the molecule is COc1ccc(S(=O)(=O)NCCc2cc(C)on2)c(OC)c1. The molecule has 22 heavy (non-hydrogen) atoms. The molecule has 2 aromatic rings. The highest BCUT2D eigenvalue weighted by Gasteiger charge is 2.19. The van der Waals surface area contributed by atoms with Gasteiger partial charge in [0.05, 0.1) is 19.9 Å². The van der Waals surface area contributed by atoms with Crippen LogP contribution >= 0.6 is 0 Å². The number of sulfonamides is 1. The second-order valence-corrected chi connectivity index (χ2v) is 6.33. The zero-order chi connectivity index (χ0) is 16.2. The van der Waals surface area contributed by atoms with Crippen molar-refractivity contribution >= 4 is 10.0 Å². The van der Waals surface area contributed by atoms with Crippen molar-refractivity contribution in [3.05, 3.63) is 35.7 Å². The number of benzene rings is 1. The summed E-state index contributed by atoms with van der Waals surface area (Å²) in [6.07, 6.45) is 0.440. The normalized spacial score (nSPS) is 11.4. The molecule has 7 nitrogen and oxygen atoms in total. The van der Waals surface area contributed by atoms with E-state index in [9.17, 15) is 8.42 Å². The van der Waals surface area contributed by atoms with Gasteiger partial charge in [-0.3, -0.25) is 0 Å². The fourth-order valence-corrected chi connectivity index (χ4v) is 3.10. The number of nitrogens with zero attached hydrogens (tertiary/aromatic N) is 1. The molecule has 0 saturated heterocycles. The summed E-state index contributed by atoms with van der Waals surface area (Å²) in [6.45, 7) is 1.99. The highest BCUT2D eigenvalue weighted by atomic mass is 32.2. The van der Waals surface area contributed by atoms with Crippen molar-refractivity contribution in [1.82, 2.24) is 9.88 Å². The van der Waals surface area contributed by atoms with Crippen LogP contribution in [0, 0.1) is 6.92 Å². The third kappa shape index (κ3) is 3.77. The lowest BCUT2D eigenvalue weighted by Gasteiger charge is -2.11. The lowest BCUT2D eigenvalue weighted by atomic mass is 10.3. The fraction of sp³-hybridized carbons (Fsp3) is 0.357. The molecule has 0 fully saturated rings. The van der Waals surface area contributed by atoms with E-state index in [0.29, 0.717) is 23.6 Å². The fourth-order valence-electron chi connectivity index (χ4n) is 1.92. The molecule has 0 bridgehead atoms. The van der Waals surface area contributed by atoms with Crippen molar-refractivity contribution in [1.29, 1.82) is 0 Å². The minimum Gasteiger partial charge on any atom is -0.497 e. The maximum atomic E-state index is 12.3. The van der Waals surface area contributed by atoms with Crippen LogP contribution in [0.2, 0.25) is 0 Å². The van der Waals surface area contributed by atoms with E-state index in [2.05, 4.69) is 9.88 Å². The predicted octanol–water partition coefficient (Wildman–Crippen LogP) is 1.52. The van der Waals surface area contributed by atoms with E-state index in [-0.39, 0.29) is 17.2 Å². The van der Waals surface area contributed by atoms with Crippen LogP contribution in [-0.4, -0.2) is 34.3 Å². The summed E-state index contributed by atoms with van der Waals surface area (Å²) in [4.78, 5) is 0.0622. The molecule has 1 N–H and O–H groups in total. The Morgan fingerprint density at radius 1 is 1.23 bits per heavy atom. The van der Waals surface area contributed by atoms with E-state index in [4.69, 9.17) is 14.0 Å². The molecule has 0 radical (unpaired) electrons. The third-order valence-corrected chi connectivity index (χ3v) is 4.51. The molecular formula is C14H18N2O5S. The van der Waals surface area contributed by atoms with Crippen molar-refractivity contribution < 1.29 is 22.4 Å². The Hall–Kier alpha value is -2.06. The molecule has 0 aliphatic rings. The average molecular weight is 326 g/mol. The quantitative estimate of drug-likeness (QED) is 0.829. The Bertz CT molecular complexity index is 739. The summed E-state index contributed by atoms with van der Waals surface area (Å²) in [5.41, 5.74) is 0.696. The van der Waals surface area contributed by atoms with Gasteiger partial charge in [-0.25, -0.2) is 13.1 Å². The Labute approximate surface area is 129 Å². The van der Waals surface area contributed by atoms with Crippen molar-refractivity contribution in [2.24, 2.45) is 0 Å². The number of aromatic nitrogens is 1. The van der Waals surface area contributed by atoms with Crippen LogP contribution in [0.25, 0.3) is 0 Å². The molecule has 0 atom stereocenters. The van der Waals surface area contributed by atoms with E-state index in [1.165, 1.54) is 26.4 Å². The lowest BCUT2D eigenvalue weighted by Crippen LogP contribution is -2.26. The van der Waals surface area contributed by atoms with E-state index in [0.717, 1.165) is 0 Å². The van der Waals surface area contributed by atoms with Crippen LogP contribution in [0.3, 0.4) is 0 Å². The molecular weight excluding hydrogens is 308 g/mol. The highest BCUT2D eigenvalue weighted by molar-refractivity contribution is 7.89. The van der Waals surface area contributed by atoms with Gasteiger partial charge >= 0.3 is 0 Å². The Kier molecular flexibility index (Phi) is 5.04. The zero-order valence-corrected chi connectivity index (χ0v) is 13.4. The van der Waals surface area contributed by atoms with Crippen molar-refractivity contribution in [2.75, 3.05) is 20.8 Å². The van der Waals surface area contributed by atoms with Crippen LogP contribution in [0.15, 0.2) is 33.7 Å². The molecule has 0 spiro atoms. The number of hydrogen-bond acceptors (Lipinski definition) is 6. The molecule has 1 heterocycles. The van der Waals surface area contributed by atoms with Gasteiger partial charge < -0.3 is 14.0 Å². The van der Waals surface area contributed by atoms with Crippen molar-refractivity contribution in [3.63, 3.8) is 0 Å². The summed E-state index contributed by atoms with van der Waals surface area (Å²) >= 11 is 0. The lowest BCUT2D eigenvalue weighted by molar-refractivity contribution is 0.385. The number of nitrogens with one attached hydrogen (secondary N) is 1. The van der Waals surface area contributed by atoms with Gasteiger partial charge in [0.25, 0.3) is 0 Å². The summed E-state index contributed by atoms with van der Waals surface area (Å²) in [5, 5.41) is 3.81. The number of methoxy groups -OCH3 is 2. The number of ether oxygens (including phenoxy) is 2. The largest absolute Gasteiger partial charge is 0.497 e. The van der Waals surface area contributed by atoms with E-state index < -0.39 is 10.0 Å². The van der Waals surface area contributed by atoms with Crippen LogP contribution in [0.4, 0.5) is 0 Å². The number of rotatable bonds is 7. The van der Waals surface area contributed by atoms with Gasteiger partial charge in [0.15, 0.2) is 0 Å². The van der Waals surface area contributed by atoms with Crippen LogP contribution in [0.5, 0.6) is 11.5 Å². The van der Waals surface area contributed by atoms with Crippen molar-refractivity contribution in [2.45, 2.75) is 18.2 Å². The van der Waals surface area contributed by atoms with Crippen molar-refractivity contribution in [3.8, 4) is 11.5 Å².